The first-order valence-corrected chi connectivity index (χ1v) is 8.89. The van der Waals surface area contributed by atoms with Gasteiger partial charge in [0.25, 0.3) is 11.1 Å². The van der Waals surface area contributed by atoms with Crippen LogP contribution < -0.4 is 10.1 Å². The van der Waals surface area contributed by atoms with E-state index in [0.29, 0.717) is 10.8 Å². The van der Waals surface area contributed by atoms with Gasteiger partial charge >= 0.3 is 0 Å². The number of carbonyl (C=O) groups is 2. The van der Waals surface area contributed by atoms with Gasteiger partial charge in [0.2, 0.25) is 0 Å². The molecule has 0 spiro atoms. The van der Waals surface area contributed by atoms with Gasteiger partial charge in [-0.1, -0.05) is 31.9 Å². The number of ether oxygens (including phenoxy) is 1. The van der Waals surface area contributed by atoms with Crippen molar-refractivity contribution in [1.82, 2.24) is 5.32 Å². The van der Waals surface area contributed by atoms with E-state index in [0.717, 1.165) is 35.6 Å². The third kappa shape index (κ3) is 4.38. The van der Waals surface area contributed by atoms with E-state index in [-0.39, 0.29) is 11.1 Å². The largest absolute Gasteiger partial charge is 0.493 e. The molecule has 1 N–H and O–H groups in total. The monoisotopic (exact) mass is 331 g/mol. The Kier molecular flexibility index (Phi) is 5.06. The summed E-state index contributed by atoms with van der Waals surface area (Å²) in [6.45, 7) is 3.10. The van der Waals surface area contributed by atoms with E-state index in [1.54, 1.807) is 6.08 Å². The Balaban J connectivity index is 1.54. The summed E-state index contributed by atoms with van der Waals surface area (Å²) in [5, 5.41) is 1.93. The van der Waals surface area contributed by atoms with Crippen LogP contribution in [0.5, 0.6) is 5.75 Å². The molecule has 2 fully saturated rings. The van der Waals surface area contributed by atoms with E-state index in [9.17, 15) is 9.59 Å². The Morgan fingerprint density at radius 2 is 1.87 bits per heavy atom. The normalized spacial score (nSPS) is 26.4. The van der Waals surface area contributed by atoms with Crippen LogP contribution >= 0.6 is 11.8 Å². The maximum absolute atomic E-state index is 11.5. The van der Waals surface area contributed by atoms with Gasteiger partial charge in [-0.2, -0.15) is 0 Å². The molecule has 1 aromatic rings. The van der Waals surface area contributed by atoms with Crippen LogP contribution in [0.25, 0.3) is 6.08 Å². The van der Waals surface area contributed by atoms with Crippen LogP contribution in [-0.4, -0.2) is 17.8 Å². The van der Waals surface area contributed by atoms with Gasteiger partial charge in [0.15, 0.2) is 0 Å². The average molecular weight is 331 g/mol. The zero-order chi connectivity index (χ0) is 16.2. The first-order chi connectivity index (χ1) is 11.1. The van der Waals surface area contributed by atoms with E-state index in [4.69, 9.17) is 4.74 Å². The lowest BCUT2D eigenvalue weighted by Crippen LogP contribution is -2.18. The van der Waals surface area contributed by atoms with Crippen molar-refractivity contribution in [3.05, 3.63) is 34.7 Å². The number of rotatable bonds is 4. The fourth-order valence-corrected chi connectivity index (χ4v) is 3.62. The minimum Gasteiger partial charge on any atom is -0.493 e. The van der Waals surface area contributed by atoms with E-state index in [1.165, 1.54) is 25.7 Å². The second-order valence-corrected chi connectivity index (χ2v) is 7.37. The summed E-state index contributed by atoms with van der Waals surface area (Å²) in [4.78, 5) is 23.1. The molecular weight excluding hydrogens is 310 g/mol. The lowest BCUT2D eigenvalue weighted by molar-refractivity contribution is -0.115. The molecular formula is C18H21NO3S. The molecule has 23 heavy (non-hydrogen) atoms. The number of thioether (sulfide) groups is 1. The minimum atomic E-state index is -0.327. The molecule has 1 aliphatic heterocycles. The van der Waals surface area contributed by atoms with E-state index in [2.05, 4.69) is 12.2 Å². The number of carbonyl (C=O) groups excluding carboxylic acids is 2. The van der Waals surface area contributed by atoms with Gasteiger partial charge in [0.1, 0.15) is 5.75 Å². The highest BCUT2D eigenvalue weighted by Crippen LogP contribution is 2.29. The van der Waals surface area contributed by atoms with Crippen LogP contribution in [0.1, 0.15) is 38.2 Å². The first-order valence-electron chi connectivity index (χ1n) is 8.08. The standard InChI is InChI=1S/C18H21NO3S/c1-12-2-4-14(5-3-12)11-22-15-8-6-13(7-9-15)10-16-17(20)19-18(21)23-16/h6-10,12,14H,2-5,11H2,1H3,(H,19,20,21)/b16-10+. The van der Waals surface area contributed by atoms with Gasteiger partial charge in [-0.05, 0) is 60.2 Å². The number of amides is 2. The molecule has 1 heterocycles. The quantitative estimate of drug-likeness (QED) is 0.840. The summed E-state index contributed by atoms with van der Waals surface area (Å²) < 4.78 is 5.88. The number of hydrogen-bond donors (Lipinski definition) is 1. The summed E-state index contributed by atoms with van der Waals surface area (Å²) in [6.07, 6.45) is 6.84. The fourth-order valence-electron chi connectivity index (χ4n) is 2.94. The molecule has 0 radical (unpaired) electrons. The van der Waals surface area contributed by atoms with Crippen LogP contribution in [-0.2, 0) is 4.79 Å². The minimum absolute atomic E-state index is 0.317. The highest BCUT2D eigenvalue weighted by atomic mass is 32.2. The van der Waals surface area contributed by atoms with Gasteiger partial charge < -0.3 is 4.74 Å². The molecule has 0 unspecified atom stereocenters. The van der Waals surface area contributed by atoms with Gasteiger partial charge in [-0.3, -0.25) is 14.9 Å². The highest BCUT2D eigenvalue weighted by Gasteiger charge is 2.24. The Hall–Kier alpha value is -1.75. The van der Waals surface area contributed by atoms with Crippen LogP contribution in [0.15, 0.2) is 29.2 Å². The second kappa shape index (κ2) is 7.21. The second-order valence-electron chi connectivity index (χ2n) is 6.36. The predicted molar refractivity (Wildman–Crippen MR) is 92.2 cm³/mol. The van der Waals surface area contributed by atoms with Crippen molar-refractivity contribution in [2.75, 3.05) is 6.61 Å². The zero-order valence-electron chi connectivity index (χ0n) is 13.2. The van der Waals surface area contributed by atoms with Crippen molar-refractivity contribution >= 4 is 29.0 Å². The molecule has 1 saturated carbocycles. The van der Waals surface area contributed by atoms with E-state index in [1.807, 2.05) is 24.3 Å². The molecule has 4 nitrogen and oxygen atoms in total. The fraction of sp³-hybridized carbons (Fsp3) is 0.444. The van der Waals surface area contributed by atoms with Gasteiger partial charge in [-0.25, -0.2) is 0 Å². The Bertz CT molecular complexity index is 616. The lowest BCUT2D eigenvalue weighted by atomic mass is 9.83. The van der Waals surface area contributed by atoms with Crippen molar-refractivity contribution in [3.8, 4) is 5.75 Å². The maximum Gasteiger partial charge on any atom is 0.290 e. The Labute approximate surface area is 140 Å². The highest BCUT2D eigenvalue weighted by molar-refractivity contribution is 8.18. The van der Waals surface area contributed by atoms with Crippen molar-refractivity contribution in [1.29, 1.82) is 0 Å². The molecule has 0 atom stereocenters. The molecule has 1 aromatic carbocycles. The Morgan fingerprint density at radius 1 is 1.17 bits per heavy atom. The van der Waals surface area contributed by atoms with Crippen molar-refractivity contribution < 1.29 is 14.3 Å². The van der Waals surface area contributed by atoms with Gasteiger partial charge in [0.05, 0.1) is 11.5 Å². The number of nitrogens with one attached hydrogen (secondary N) is 1. The van der Waals surface area contributed by atoms with Crippen LogP contribution in [0.2, 0.25) is 0 Å². The Morgan fingerprint density at radius 3 is 2.48 bits per heavy atom. The molecule has 1 saturated heterocycles. The van der Waals surface area contributed by atoms with E-state index < -0.39 is 0 Å². The molecule has 2 aliphatic rings. The van der Waals surface area contributed by atoms with Crippen molar-refractivity contribution in [2.45, 2.75) is 32.6 Å². The number of hydrogen-bond acceptors (Lipinski definition) is 4. The van der Waals surface area contributed by atoms with Gasteiger partial charge in [-0.15, -0.1) is 0 Å². The number of benzene rings is 1. The summed E-state index contributed by atoms with van der Waals surface area (Å²) >= 11 is 0.932. The molecule has 2 amide bonds. The zero-order valence-corrected chi connectivity index (χ0v) is 14.0. The van der Waals surface area contributed by atoms with E-state index >= 15 is 0 Å². The predicted octanol–water partition coefficient (Wildman–Crippen LogP) is 4.22. The summed E-state index contributed by atoms with van der Waals surface area (Å²) in [7, 11) is 0. The van der Waals surface area contributed by atoms with Crippen LogP contribution in [0, 0.1) is 11.8 Å². The lowest BCUT2D eigenvalue weighted by Gasteiger charge is -2.26. The number of imide groups is 1. The third-order valence-corrected chi connectivity index (χ3v) is 5.25. The van der Waals surface area contributed by atoms with Crippen molar-refractivity contribution in [2.24, 2.45) is 11.8 Å². The molecule has 122 valence electrons. The molecule has 3 rings (SSSR count). The molecule has 0 aromatic heterocycles. The molecule has 5 heteroatoms. The van der Waals surface area contributed by atoms with Crippen LogP contribution in [0.3, 0.4) is 0 Å². The maximum atomic E-state index is 11.5. The molecule has 0 bridgehead atoms. The topological polar surface area (TPSA) is 55.4 Å². The summed E-state index contributed by atoms with van der Waals surface area (Å²) in [5.74, 6) is 2.05. The third-order valence-electron chi connectivity index (χ3n) is 4.44. The average Bonchev–Trinajstić information content (AvgIpc) is 2.86. The van der Waals surface area contributed by atoms with Gasteiger partial charge in [0, 0.05) is 0 Å². The SMILES string of the molecule is CC1CCC(COc2ccc(/C=C3/SC(=O)NC3=O)cc2)CC1. The molecule has 1 aliphatic carbocycles. The summed E-state index contributed by atoms with van der Waals surface area (Å²) in [6, 6.07) is 7.64. The van der Waals surface area contributed by atoms with Crippen molar-refractivity contribution in [3.63, 3.8) is 0 Å². The smallest absolute Gasteiger partial charge is 0.290 e. The first kappa shape index (κ1) is 16.1. The summed E-state index contributed by atoms with van der Waals surface area (Å²) in [5.41, 5.74) is 0.885. The van der Waals surface area contributed by atoms with Crippen LogP contribution in [0.4, 0.5) is 4.79 Å².